The molecule has 88 valence electrons. The summed E-state index contributed by atoms with van der Waals surface area (Å²) in [6, 6.07) is 5.10. The minimum atomic E-state index is -0.554. The van der Waals surface area contributed by atoms with Crippen LogP contribution in [0, 0.1) is 0 Å². The van der Waals surface area contributed by atoms with Gasteiger partial charge in [-0.1, -0.05) is 23.7 Å². The number of esters is 1. The minimum absolute atomic E-state index is 0.0389. The zero-order valence-electron chi connectivity index (χ0n) is 9.01. The molecule has 6 heteroatoms. The number of fused-ring (bicyclic) bond motifs is 1. The highest BCUT2D eigenvalue weighted by Crippen LogP contribution is 2.26. The lowest BCUT2D eigenvalue weighted by Crippen LogP contribution is -2.06. The number of nitrogens with zero attached hydrogens (tertiary/aromatic N) is 2. The highest BCUT2D eigenvalue weighted by Gasteiger charge is 2.18. The predicted octanol–water partition coefficient (Wildman–Crippen LogP) is 1.68. The molecular weight excluding hydrogens is 244 g/mol. The third-order valence-corrected chi connectivity index (χ3v) is 2.65. The molecule has 1 heterocycles. The van der Waals surface area contributed by atoms with Crippen molar-refractivity contribution in [1.29, 1.82) is 0 Å². The smallest absolute Gasteiger partial charge is 0.359 e. The number of hydrogen-bond donors (Lipinski definition) is 0. The number of ether oxygens (including phenoxy) is 1. The fourth-order valence-corrected chi connectivity index (χ4v) is 1.92. The van der Waals surface area contributed by atoms with E-state index in [4.69, 9.17) is 11.6 Å². The van der Waals surface area contributed by atoms with Gasteiger partial charge >= 0.3 is 5.97 Å². The summed E-state index contributed by atoms with van der Waals surface area (Å²) in [4.78, 5) is 22.1. The van der Waals surface area contributed by atoms with Crippen LogP contribution in [0.2, 0.25) is 5.02 Å². The summed E-state index contributed by atoms with van der Waals surface area (Å²) >= 11 is 6.03. The number of halogens is 1. The lowest BCUT2D eigenvalue weighted by Gasteiger charge is -1.98. The fourth-order valence-electron chi connectivity index (χ4n) is 1.64. The number of benzene rings is 1. The van der Waals surface area contributed by atoms with Crippen LogP contribution in [0.25, 0.3) is 10.9 Å². The first-order valence-corrected chi connectivity index (χ1v) is 5.23. The van der Waals surface area contributed by atoms with Crippen molar-refractivity contribution in [3.8, 4) is 0 Å². The number of hydrogen-bond acceptors (Lipinski definition) is 4. The minimum Gasteiger partial charge on any atom is -0.464 e. The summed E-state index contributed by atoms with van der Waals surface area (Å²) in [6.07, 6.45) is 0.691. The van der Waals surface area contributed by atoms with E-state index in [1.807, 2.05) is 0 Å². The molecule has 17 heavy (non-hydrogen) atoms. The summed E-state index contributed by atoms with van der Waals surface area (Å²) in [5, 5.41) is 5.05. The van der Waals surface area contributed by atoms with Crippen LogP contribution in [0.5, 0.6) is 0 Å². The molecule has 0 aliphatic carbocycles. The van der Waals surface area contributed by atoms with Crippen LogP contribution >= 0.6 is 11.6 Å². The Morgan fingerprint density at radius 1 is 1.59 bits per heavy atom. The average Bonchev–Trinajstić information content (AvgIpc) is 2.69. The van der Waals surface area contributed by atoms with Gasteiger partial charge in [-0.15, -0.1) is 0 Å². The van der Waals surface area contributed by atoms with Gasteiger partial charge in [0, 0.05) is 5.39 Å². The molecule has 0 N–H and O–H groups in total. The van der Waals surface area contributed by atoms with E-state index < -0.39 is 5.97 Å². The molecule has 0 atom stereocenters. The van der Waals surface area contributed by atoms with Gasteiger partial charge < -0.3 is 9.53 Å². The lowest BCUT2D eigenvalue weighted by molar-refractivity contribution is -0.108. The molecule has 0 unspecified atom stereocenters. The van der Waals surface area contributed by atoms with Crippen LogP contribution in [0.4, 0.5) is 0 Å². The molecule has 0 spiro atoms. The monoisotopic (exact) mass is 252 g/mol. The van der Waals surface area contributed by atoms with E-state index in [0.717, 1.165) is 0 Å². The van der Waals surface area contributed by atoms with Gasteiger partial charge in [-0.2, -0.15) is 5.10 Å². The van der Waals surface area contributed by atoms with Gasteiger partial charge in [0.15, 0.2) is 5.69 Å². The first kappa shape index (κ1) is 11.6. The number of rotatable bonds is 3. The van der Waals surface area contributed by atoms with E-state index in [-0.39, 0.29) is 12.2 Å². The topological polar surface area (TPSA) is 61.2 Å². The molecule has 0 radical (unpaired) electrons. The molecule has 2 rings (SSSR count). The van der Waals surface area contributed by atoms with Gasteiger partial charge in [0.2, 0.25) is 0 Å². The maximum Gasteiger partial charge on any atom is 0.359 e. The number of para-hydroxylation sites is 1. The SMILES string of the molecule is COC(=O)c1nn(CC=O)c2c(Cl)cccc12. The van der Waals surface area contributed by atoms with E-state index in [2.05, 4.69) is 9.84 Å². The zero-order chi connectivity index (χ0) is 12.4. The van der Waals surface area contributed by atoms with Crippen molar-refractivity contribution in [2.45, 2.75) is 6.54 Å². The van der Waals surface area contributed by atoms with Gasteiger partial charge in [-0.05, 0) is 6.07 Å². The first-order valence-electron chi connectivity index (χ1n) is 4.86. The van der Waals surface area contributed by atoms with Crippen molar-refractivity contribution < 1.29 is 14.3 Å². The predicted molar refractivity (Wildman–Crippen MR) is 62.1 cm³/mol. The number of carbonyl (C=O) groups is 2. The maximum absolute atomic E-state index is 11.5. The molecular formula is C11H9ClN2O3. The van der Waals surface area contributed by atoms with E-state index in [1.54, 1.807) is 18.2 Å². The lowest BCUT2D eigenvalue weighted by atomic mass is 10.2. The molecule has 1 aromatic heterocycles. The third kappa shape index (κ3) is 1.89. The van der Waals surface area contributed by atoms with E-state index in [9.17, 15) is 9.59 Å². The van der Waals surface area contributed by atoms with Gasteiger partial charge in [0.05, 0.1) is 24.2 Å². The van der Waals surface area contributed by atoms with Gasteiger partial charge in [-0.3, -0.25) is 4.68 Å². The van der Waals surface area contributed by atoms with Gasteiger partial charge in [0.1, 0.15) is 6.29 Å². The maximum atomic E-state index is 11.5. The van der Waals surface area contributed by atoms with E-state index in [0.29, 0.717) is 22.2 Å². The van der Waals surface area contributed by atoms with Crippen molar-refractivity contribution in [3.05, 3.63) is 28.9 Å². The van der Waals surface area contributed by atoms with Crippen molar-refractivity contribution in [2.24, 2.45) is 0 Å². The van der Waals surface area contributed by atoms with Crippen LogP contribution in [-0.4, -0.2) is 29.1 Å². The highest BCUT2D eigenvalue weighted by atomic mass is 35.5. The van der Waals surface area contributed by atoms with Crippen LogP contribution in [0.3, 0.4) is 0 Å². The second-order valence-corrected chi connectivity index (χ2v) is 3.73. The summed E-state index contributed by atoms with van der Waals surface area (Å²) in [6.45, 7) is 0.0389. The van der Waals surface area contributed by atoms with Crippen LogP contribution in [0.15, 0.2) is 18.2 Å². The Morgan fingerprint density at radius 2 is 2.35 bits per heavy atom. The summed E-state index contributed by atoms with van der Waals surface area (Å²) < 4.78 is 6.02. The number of methoxy groups -OCH3 is 1. The largest absolute Gasteiger partial charge is 0.464 e. The Kier molecular flexibility index (Phi) is 3.10. The zero-order valence-corrected chi connectivity index (χ0v) is 9.77. The fraction of sp³-hybridized carbons (Fsp3) is 0.182. The molecule has 0 aliphatic heterocycles. The third-order valence-electron chi connectivity index (χ3n) is 2.35. The molecule has 0 saturated carbocycles. The quantitative estimate of drug-likeness (QED) is 0.616. The van der Waals surface area contributed by atoms with Crippen molar-refractivity contribution in [2.75, 3.05) is 7.11 Å². The van der Waals surface area contributed by atoms with E-state index in [1.165, 1.54) is 11.8 Å². The molecule has 0 aliphatic rings. The van der Waals surface area contributed by atoms with Crippen LogP contribution in [-0.2, 0) is 16.1 Å². The van der Waals surface area contributed by atoms with Crippen LogP contribution < -0.4 is 0 Å². The molecule has 0 amide bonds. The van der Waals surface area contributed by atoms with Crippen LogP contribution in [0.1, 0.15) is 10.5 Å². The standard InChI is InChI=1S/C11H9ClN2O3/c1-17-11(16)9-7-3-2-4-8(12)10(7)14(13-9)5-6-15/h2-4,6H,5H2,1H3. The number of carbonyl (C=O) groups excluding carboxylic acids is 2. The van der Waals surface area contributed by atoms with Gasteiger partial charge in [-0.25, -0.2) is 4.79 Å². The Morgan fingerprint density at radius 3 is 3.00 bits per heavy atom. The molecule has 5 nitrogen and oxygen atoms in total. The highest BCUT2D eigenvalue weighted by molar-refractivity contribution is 6.35. The number of aromatic nitrogens is 2. The molecule has 2 aromatic rings. The molecule has 0 bridgehead atoms. The number of aldehydes is 1. The Bertz CT molecular complexity index is 592. The Balaban J connectivity index is 2.74. The summed E-state index contributed by atoms with van der Waals surface area (Å²) in [5.74, 6) is -0.554. The van der Waals surface area contributed by atoms with Crippen molar-refractivity contribution in [3.63, 3.8) is 0 Å². The molecule has 1 aromatic carbocycles. The van der Waals surface area contributed by atoms with Gasteiger partial charge in [0.25, 0.3) is 0 Å². The van der Waals surface area contributed by atoms with Crippen molar-refractivity contribution in [1.82, 2.24) is 9.78 Å². The molecule has 0 saturated heterocycles. The van der Waals surface area contributed by atoms with Crippen molar-refractivity contribution >= 4 is 34.8 Å². The Hall–Kier alpha value is -1.88. The second-order valence-electron chi connectivity index (χ2n) is 3.32. The first-order chi connectivity index (χ1) is 8.19. The average molecular weight is 253 g/mol. The molecule has 0 fully saturated rings. The van der Waals surface area contributed by atoms with E-state index >= 15 is 0 Å². The summed E-state index contributed by atoms with van der Waals surface area (Å²) in [5.41, 5.74) is 0.716. The summed E-state index contributed by atoms with van der Waals surface area (Å²) in [7, 11) is 1.28. The second kappa shape index (κ2) is 4.55. The normalized spacial score (nSPS) is 10.5. The Labute approximate surface area is 102 Å².